The van der Waals surface area contributed by atoms with Crippen molar-refractivity contribution in [1.82, 2.24) is 0 Å². The van der Waals surface area contributed by atoms with E-state index in [-0.39, 0.29) is 5.56 Å². The molecule has 0 radical (unpaired) electrons. The van der Waals surface area contributed by atoms with E-state index in [4.69, 9.17) is 5.73 Å². The maximum absolute atomic E-state index is 11.1. The van der Waals surface area contributed by atoms with Crippen molar-refractivity contribution in [1.29, 1.82) is 0 Å². The zero-order valence-electron chi connectivity index (χ0n) is 7.81. The summed E-state index contributed by atoms with van der Waals surface area (Å²) < 4.78 is 0. The average molecular weight is 203 g/mol. The molecule has 2 aromatic rings. The Bertz CT molecular complexity index is 553. The lowest BCUT2D eigenvalue weighted by molar-refractivity contribution is 0.450. The summed E-state index contributed by atoms with van der Waals surface area (Å²) in [6.07, 6.45) is 0. The van der Waals surface area contributed by atoms with Crippen molar-refractivity contribution in [3.05, 3.63) is 61.9 Å². The number of benzene rings is 1. The van der Waals surface area contributed by atoms with Gasteiger partial charge >= 0.3 is 0 Å². The molecule has 0 fully saturated rings. The molecule has 1 atom stereocenters. The minimum Gasteiger partial charge on any atom is -0.504 e. The Morgan fingerprint density at radius 2 is 1.67 bits per heavy atom. The normalized spacial score (nSPS) is 12.9. The summed E-state index contributed by atoms with van der Waals surface area (Å²) >= 11 is 0. The van der Waals surface area contributed by atoms with Crippen molar-refractivity contribution in [2.45, 2.75) is 6.04 Å². The van der Waals surface area contributed by atoms with Gasteiger partial charge in [0.15, 0.2) is 5.75 Å². The molecular formula is C11H9NO3. The van der Waals surface area contributed by atoms with Crippen LogP contribution in [-0.4, -0.2) is 5.11 Å². The summed E-state index contributed by atoms with van der Waals surface area (Å²) in [5.74, 6) is -0.503. The van der Waals surface area contributed by atoms with Crippen LogP contribution in [0.25, 0.3) is 0 Å². The van der Waals surface area contributed by atoms with Gasteiger partial charge in [0.1, 0.15) is 0 Å². The number of rotatable bonds is 2. The van der Waals surface area contributed by atoms with Crippen LogP contribution in [0.1, 0.15) is 17.2 Å². The predicted molar refractivity (Wildman–Crippen MR) is 55.5 cm³/mol. The lowest BCUT2D eigenvalue weighted by Crippen LogP contribution is -2.38. The van der Waals surface area contributed by atoms with Crippen LogP contribution in [0.5, 0.6) is 5.75 Å². The van der Waals surface area contributed by atoms with Crippen LogP contribution in [0, 0.1) is 0 Å². The molecule has 0 saturated heterocycles. The first-order valence-corrected chi connectivity index (χ1v) is 4.45. The molecule has 0 aliphatic rings. The van der Waals surface area contributed by atoms with E-state index in [1.54, 1.807) is 24.3 Å². The van der Waals surface area contributed by atoms with E-state index in [9.17, 15) is 14.7 Å². The van der Waals surface area contributed by atoms with Crippen LogP contribution in [0.3, 0.4) is 0 Å². The molecule has 4 nitrogen and oxygen atoms in total. The van der Waals surface area contributed by atoms with Crippen LogP contribution in [-0.2, 0) is 0 Å². The molecule has 0 aliphatic carbocycles. The van der Waals surface area contributed by atoms with Gasteiger partial charge < -0.3 is 10.8 Å². The fraction of sp³-hybridized carbons (Fsp3) is 0.0909. The second-order valence-corrected chi connectivity index (χ2v) is 3.31. The molecule has 0 bridgehead atoms. The standard InChI is InChI=1S/C11H9NO3/c12-8(6-4-2-1-3-5-6)7-9(13)11(15)10(7)14/h1-5,8,13H,12H2/t8-/m0/s1. The fourth-order valence-corrected chi connectivity index (χ4v) is 1.51. The second-order valence-electron chi connectivity index (χ2n) is 3.31. The van der Waals surface area contributed by atoms with Crippen molar-refractivity contribution < 1.29 is 5.11 Å². The molecular weight excluding hydrogens is 194 g/mol. The van der Waals surface area contributed by atoms with Gasteiger partial charge in [-0.1, -0.05) is 30.3 Å². The monoisotopic (exact) mass is 203 g/mol. The highest BCUT2D eigenvalue weighted by atomic mass is 16.3. The van der Waals surface area contributed by atoms with Crippen LogP contribution in [0.15, 0.2) is 39.9 Å². The summed E-state index contributed by atoms with van der Waals surface area (Å²) in [7, 11) is 0. The number of hydrogen-bond donors (Lipinski definition) is 2. The van der Waals surface area contributed by atoms with E-state index in [0.29, 0.717) is 5.56 Å². The Labute approximate surface area is 85.3 Å². The third-order valence-corrected chi connectivity index (χ3v) is 2.39. The molecule has 0 unspecified atom stereocenters. The first kappa shape index (κ1) is 9.61. The Balaban J connectivity index is 2.43. The van der Waals surface area contributed by atoms with E-state index in [1.807, 2.05) is 6.07 Å². The molecule has 3 N–H and O–H groups in total. The van der Waals surface area contributed by atoms with Gasteiger partial charge in [0.25, 0.3) is 5.43 Å². The maximum atomic E-state index is 11.1. The highest BCUT2D eigenvalue weighted by Crippen LogP contribution is 2.22. The van der Waals surface area contributed by atoms with E-state index in [0.717, 1.165) is 0 Å². The Morgan fingerprint density at radius 3 is 2.20 bits per heavy atom. The highest BCUT2D eigenvalue weighted by Gasteiger charge is 2.26. The summed E-state index contributed by atoms with van der Waals surface area (Å²) in [6.45, 7) is 0. The molecule has 0 saturated carbocycles. The zero-order valence-corrected chi connectivity index (χ0v) is 7.81. The molecule has 15 heavy (non-hydrogen) atoms. The largest absolute Gasteiger partial charge is 0.504 e. The Kier molecular flexibility index (Phi) is 2.13. The average Bonchev–Trinajstić information content (AvgIpc) is 2.30. The molecule has 4 heteroatoms. The van der Waals surface area contributed by atoms with E-state index in [1.165, 1.54) is 0 Å². The summed E-state index contributed by atoms with van der Waals surface area (Å²) in [5, 5.41) is 9.21. The van der Waals surface area contributed by atoms with Crippen LogP contribution >= 0.6 is 0 Å². The highest BCUT2D eigenvalue weighted by molar-refractivity contribution is 5.44. The minimum absolute atomic E-state index is 0.00574. The van der Waals surface area contributed by atoms with Crippen molar-refractivity contribution in [3.8, 4) is 5.75 Å². The quantitative estimate of drug-likeness (QED) is 0.675. The van der Waals surface area contributed by atoms with E-state index in [2.05, 4.69) is 0 Å². The van der Waals surface area contributed by atoms with Crippen molar-refractivity contribution in [2.24, 2.45) is 5.73 Å². The van der Waals surface area contributed by atoms with E-state index >= 15 is 0 Å². The molecule has 2 rings (SSSR count). The van der Waals surface area contributed by atoms with Crippen LogP contribution in [0.4, 0.5) is 0 Å². The van der Waals surface area contributed by atoms with Gasteiger partial charge in [0.2, 0.25) is 5.43 Å². The number of nitrogens with two attached hydrogens (primary N) is 1. The van der Waals surface area contributed by atoms with E-state index < -0.39 is 22.6 Å². The smallest absolute Gasteiger partial charge is 0.268 e. The van der Waals surface area contributed by atoms with Gasteiger partial charge in [-0.3, -0.25) is 9.59 Å². The van der Waals surface area contributed by atoms with Crippen molar-refractivity contribution in [3.63, 3.8) is 0 Å². The lowest BCUT2D eigenvalue weighted by atomic mass is 9.95. The zero-order chi connectivity index (χ0) is 11.0. The van der Waals surface area contributed by atoms with Gasteiger partial charge in [0.05, 0.1) is 11.6 Å². The third-order valence-electron chi connectivity index (χ3n) is 2.39. The topological polar surface area (TPSA) is 80.4 Å². The molecule has 0 spiro atoms. The molecule has 0 heterocycles. The summed E-state index contributed by atoms with van der Waals surface area (Å²) in [6, 6.07) is 8.12. The van der Waals surface area contributed by atoms with Gasteiger partial charge in [-0.25, -0.2) is 0 Å². The SMILES string of the molecule is N[C@@H](c1ccccc1)c1c(O)c(=O)c1=O. The van der Waals surface area contributed by atoms with Crippen molar-refractivity contribution >= 4 is 0 Å². The number of hydrogen-bond acceptors (Lipinski definition) is 4. The van der Waals surface area contributed by atoms with Gasteiger partial charge in [-0.15, -0.1) is 0 Å². The predicted octanol–water partition coefficient (Wildman–Crippen LogP) is 0.0363. The van der Waals surface area contributed by atoms with Crippen LogP contribution in [0.2, 0.25) is 0 Å². The first-order chi connectivity index (χ1) is 7.13. The molecule has 0 aliphatic heterocycles. The van der Waals surface area contributed by atoms with Gasteiger partial charge in [0, 0.05) is 0 Å². The number of aromatic hydroxyl groups is 1. The molecule has 76 valence electrons. The maximum Gasteiger partial charge on any atom is 0.268 e. The van der Waals surface area contributed by atoms with Gasteiger partial charge in [-0.2, -0.15) is 0 Å². The fourth-order valence-electron chi connectivity index (χ4n) is 1.51. The Hall–Kier alpha value is -1.94. The summed E-state index contributed by atoms with van der Waals surface area (Å²) in [4.78, 5) is 21.9. The second kappa shape index (κ2) is 3.33. The molecule has 0 aromatic heterocycles. The lowest BCUT2D eigenvalue weighted by Gasteiger charge is -2.14. The molecule has 0 amide bonds. The minimum atomic E-state index is -0.851. The van der Waals surface area contributed by atoms with Crippen LogP contribution < -0.4 is 16.6 Å². The van der Waals surface area contributed by atoms with Crippen molar-refractivity contribution in [2.75, 3.05) is 0 Å². The van der Waals surface area contributed by atoms with Gasteiger partial charge in [-0.05, 0) is 5.56 Å². The molecule has 2 aromatic carbocycles. The Morgan fingerprint density at radius 1 is 1.07 bits per heavy atom. The third kappa shape index (κ3) is 1.35. The summed E-state index contributed by atoms with van der Waals surface area (Å²) in [5.41, 5.74) is 4.91. The first-order valence-electron chi connectivity index (χ1n) is 4.45.